The fraction of sp³-hybridized carbons (Fsp3) is 0.500. The van der Waals surface area contributed by atoms with E-state index >= 15 is 0 Å². The summed E-state index contributed by atoms with van der Waals surface area (Å²) in [6.07, 6.45) is 11.9. The second kappa shape index (κ2) is 14.5. The summed E-state index contributed by atoms with van der Waals surface area (Å²) >= 11 is 0. The summed E-state index contributed by atoms with van der Waals surface area (Å²) in [4.78, 5) is 12.3. The summed E-state index contributed by atoms with van der Waals surface area (Å²) in [6.45, 7) is 14.4. The van der Waals surface area contributed by atoms with Gasteiger partial charge in [0.05, 0.1) is 6.61 Å². The van der Waals surface area contributed by atoms with E-state index in [4.69, 9.17) is 4.74 Å². The van der Waals surface area contributed by atoms with Gasteiger partial charge in [0.15, 0.2) is 0 Å². The lowest BCUT2D eigenvalue weighted by Crippen LogP contribution is -2.32. The topological polar surface area (TPSA) is 38.8 Å². The number of hydrogen-bond acceptors (Lipinski definition) is 4. The van der Waals surface area contributed by atoms with Gasteiger partial charge in [-0.2, -0.15) is 0 Å². The maximum Gasteiger partial charge on any atom is 0.302 e. The fourth-order valence-electron chi connectivity index (χ4n) is 3.13. The Morgan fingerprint density at radius 3 is 2.47 bits per heavy atom. The Kier molecular flexibility index (Phi) is 12.3. The number of ether oxygens (including phenoxy) is 2. The number of allylic oxidation sites excluding steroid dienone is 5. The molecule has 0 amide bonds. The fourth-order valence-corrected chi connectivity index (χ4v) is 3.13. The highest BCUT2D eigenvalue weighted by Crippen LogP contribution is 2.27. The summed E-state index contributed by atoms with van der Waals surface area (Å²) in [6, 6.07) is 8.47. The molecule has 1 aromatic rings. The van der Waals surface area contributed by atoms with Crippen molar-refractivity contribution in [1.82, 2.24) is 0 Å². The molecule has 0 atom stereocenters. The van der Waals surface area contributed by atoms with Gasteiger partial charge in [0.25, 0.3) is 0 Å². The van der Waals surface area contributed by atoms with Crippen molar-refractivity contribution in [2.75, 3.05) is 24.6 Å². The standard InChI is InChI=1S/C20H25NO.C4H8O2.C2H6/c1-16-5-3-7-19(10-9-16)22-20-8-4-6-18(15-20)21-13-11-17(2)12-14-21;1-3-6-4(2)5;1-2/h3-4,6-10,15,17H,5,11-14H2,1-2H3;3H2,1-2H3;1-2H3. The summed E-state index contributed by atoms with van der Waals surface area (Å²) in [7, 11) is 0. The van der Waals surface area contributed by atoms with Gasteiger partial charge in [0.2, 0.25) is 0 Å². The quantitative estimate of drug-likeness (QED) is 0.516. The monoisotopic (exact) mass is 413 g/mol. The summed E-state index contributed by atoms with van der Waals surface area (Å²) in [5, 5.41) is 0. The van der Waals surface area contributed by atoms with Crippen molar-refractivity contribution in [1.29, 1.82) is 0 Å². The van der Waals surface area contributed by atoms with Crippen LogP contribution < -0.4 is 9.64 Å². The lowest BCUT2D eigenvalue weighted by Gasteiger charge is -2.32. The zero-order valence-electron chi connectivity index (χ0n) is 19.6. The zero-order chi connectivity index (χ0) is 22.4. The summed E-state index contributed by atoms with van der Waals surface area (Å²) < 4.78 is 10.4. The molecule has 1 aliphatic heterocycles. The smallest absolute Gasteiger partial charge is 0.302 e. The van der Waals surface area contributed by atoms with E-state index in [0.717, 1.165) is 36.9 Å². The molecule has 4 nitrogen and oxygen atoms in total. The molecule has 1 fully saturated rings. The Balaban J connectivity index is 0.000000487. The molecule has 4 heteroatoms. The minimum Gasteiger partial charge on any atom is -0.466 e. The largest absolute Gasteiger partial charge is 0.466 e. The van der Waals surface area contributed by atoms with Gasteiger partial charge < -0.3 is 14.4 Å². The predicted octanol–water partition coefficient (Wildman–Crippen LogP) is 6.69. The molecular weight excluding hydrogens is 374 g/mol. The lowest BCUT2D eigenvalue weighted by atomic mass is 9.99. The minimum atomic E-state index is -0.211. The van der Waals surface area contributed by atoms with Gasteiger partial charge >= 0.3 is 5.97 Å². The first-order valence-electron chi connectivity index (χ1n) is 11.2. The molecule has 2 aliphatic rings. The maximum absolute atomic E-state index is 9.82. The highest BCUT2D eigenvalue weighted by Gasteiger charge is 2.16. The number of anilines is 1. The molecule has 1 aromatic carbocycles. The van der Waals surface area contributed by atoms with Gasteiger partial charge in [-0.25, -0.2) is 0 Å². The minimum absolute atomic E-state index is 0.211. The lowest BCUT2D eigenvalue weighted by molar-refractivity contribution is -0.140. The number of carbonyl (C=O) groups excluding carboxylic acids is 1. The maximum atomic E-state index is 9.82. The van der Waals surface area contributed by atoms with Crippen LogP contribution in [0.1, 0.15) is 60.8 Å². The highest BCUT2D eigenvalue weighted by molar-refractivity contribution is 5.65. The predicted molar refractivity (Wildman–Crippen MR) is 127 cm³/mol. The average Bonchev–Trinajstić information content (AvgIpc) is 2.95. The molecule has 1 heterocycles. The molecule has 0 N–H and O–H groups in total. The number of piperidine rings is 1. The number of rotatable bonds is 4. The van der Waals surface area contributed by atoms with E-state index in [9.17, 15) is 4.79 Å². The van der Waals surface area contributed by atoms with Crippen molar-refractivity contribution in [3.8, 4) is 5.75 Å². The van der Waals surface area contributed by atoms with Crippen LogP contribution in [0.15, 0.2) is 59.9 Å². The van der Waals surface area contributed by atoms with Gasteiger partial charge in [-0.05, 0) is 63.3 Å². The molecule has 30 heavy (non-hydrogen) atoms. The first kappa shape index (κ1) is 25.5. The zero-order valence-corrected chi connectivity index (χ0v) is 19.6. The normalized spacial score (nSPS) is 16.0. The van der Waals surface area contributed by atoms with Crippen LogP contribution in [-0.4, -0.2) is 25.7 Å². The van der Waals surface area contributed by atoms with Crippen molar-refractivity contribution < 1.29 is 14.3 Å². The van der Waals surface area contributed by atoms with Crippen LogP contribution in [0, 0.1) is 5.92 Å². The van der Waals surface area contributed by atoms with Gasteiger partial charge in [-0.3, -0.25) is 4.79 Å². The molecule has 166 valence electrons. The third-order valence-corrected chi connectivity index (χ3v) is 4.80. The van der Waals surface area contributed by atoms with Gasteiger partial charge in [-0.1, -0.05) is 44.6 Å². The van der Waals surface area contributed by atoms with E-state index in [1.807, 2.05) is 26.0 Å². The van der Waals surface area contributed by atoms with Crippen LogP contribution in [0.25, 0.3) is 0 Å². The third kappa shape index (κ3) is 9.82. The van der Waals surface area contributed by atoms with E-state index in [0.29, 0.717) is 6.61 Å². The van der Waals surface area contributed by atoms with E-state index in [-0.39, 0.29) is 5.97 Å². The van der Waals surface area contributed by atoms with Crippen LogP contribution in [-0.2, 0) is 9.53 Å². The summed E-state index contributed by atoms with van der Waals surface area (Å²) in [5.41, 5.74) is 2.63. The van der Waals surface area contributed by atoms with Crippen LogP contribution in [0.3, 0.4) is 0 Å². The van der Waals surface area contributed by atoms with Crippen molar-refractivity contribution in [2.45, 2.75) is 60.8 Å². The molecule has 3 rings (SSSR count). The van der Waals surface area contributed by atoms with Crippen molar-refractivity contribution >= 4 is 11.7 Å². The van der Waals surface area contributed by atoms with Crippen molar-refractivity contribution in [3.63, 3.8) is 0 Å². The number of carbonyl (C=O) groups is 1. The molecule has 1 aliphatic carbocycles. The first-order valence-corrected chi connectivity index (χ1v) is 11.2. The van der Waals surface area contributed by atoms with Gasteiger partial charge in [0.1, 0.15) is 11.5 Å². The summed E-state index contributed by atoms with van der Waals surface area (Å²) in [5.74, 6) is 2.46. The van der Waals surface area contributed by atoms with E-state index < -0.39 is 0 Å². The molecule has 0 bridgehead atoms. The van der Waals surface area contributed by atoms with Crippen LogP contribution in [0.4, 0.5) is 5.69 Å². The Morgan fingerprint density at radius 2 is 1.87 bits per heavy atom. The molecule has 0 saturated carbocycles. The Labute approximate surface area is 183 Å². The molecule has 1 saturated heterocycles. The molecular formula is C26H39NO3. The third-order valence-electron chi connectivity index (χ3n) is 4.80. The average molecular weight is 414 g/mol. The Morgan fingerprint density at radius 1 is 1.17 bits per heavy atom. The number of benzene rings is 1. The van der Waals surface area contributed by atoms with Crippen LogP contribution in [0.2, 0.25) is 0 Å². The number of hydrogen-bond donors (Lipinski definition) is 0. The molecule has 0 radical (unpaired) electrons. The molecule has 0 unspecified atom stereocenters. The van der Waals surface area contributed by atoms with Crippen molar-refractivity contribution in [2.24, 2.45) is 5.92 Å². The van der Waals surface area contributed by atoms with Crippen LogP contribution >= 0.6 is 0 Å². The van der Waals surface area contributed by atoms with Gasteiger partial charge in [0, 0.05) is 31.8 Å². The molecule has 0 aromatic heterocycles. The number of nitrogens with zero attached hydrogens (tertiary/aromatic N) is 1. The first-order chi connectivity index (χ1) is 14.5. The van der Waals surface area contributed by atoms with Gasteiger partial charge in [-0.15, -0.1) is 0 Å². The van der Waals surface area contributed by atoms with E-state index in [2.05, 4.69) is 59.9 Å². The molecule has 0 spiro atoms. The van der Waals surface area contributed by atoms with E-state index in [1.54, 1.807) is 6.92 Å². The Hall–Kier alpha value is -2.49. The van der Waals surface area contributed by atoms with Crippen LogP contribution in [0.5, 0.6) is 5.75 Å². The SMILES string of the molecule is CC.CC1=CC=C(Oc2cccc(N3CCC(C)CC3)c2)C=CC1.CCOC(C)=O. The van der Waals surface area contributed by atoms with Crippen molar-refractivity contribution in [3.05, 3.63) is 59.9 Å². The Bertz CT molecular complexity index is 726. The highest BCUT2D eigenvalue weighted by atomic mass is 16.5. The second-order valence-corrected chi connectivity index (χ2v) is 7.38. The number of esters is 1. The second-order valence-electron chi connectivity index (χ2n) is 7.38. The van der Waals surface area contributed by atoms with E-state index in [1.165, 1.54) is 31.0 Å².